The third kappa shape index (κ3) is 7.75. The Bertz CT molecular complexity index is 1300. The molecule has 0 saturated heterocycles. The van der Waals surface area contributed by atoms with Crippen molar-refractivity contribution in [3.05, 3.63) is 82.7 Å². The molecule has 214 valence electrons. The van der Waals surface area contributed by atoms with Crippen molar-refractivity contribution in [2.75, 3.05) is 30.0 Å². The summed E-state index contributed by atoms with van der Waals surface area (Å²) in [7, 11) is 0. The van der Waals surface area contributed by atoms with E-state index in [9.17, 15) is 14.3 Å². The van der Waals surface area contributed by atoms with Crippen LogP contribution < -0.4 is 15.0 Å². The molecule has 1 heterocycles. The number of nitrogens with zero attached hydrogens (tertiary/aromatic N) is 1. The maximum atomic E-state index is 14.7. The lowest BCUT2D eigenvalue weighted by molar-refractivity contribution is -0.143. The van der Waals surface area contributed by atoms with Crippen LogP contribution in [0.1, 0.15) is 62.3 Å². The monoisotopic (exact) mass is 548 g/mol. The molecule has 1 aliphatic rings. The van der Waals surface area contributed by atoms with E-state index in [2.05, 4.69) is 41.4 Å². The van der Waals surface area contributed by atoms with Crippen LogP contribution in [0.2, 0.25) is 0 Å². The number of benzene rings is 3. The summed E-state index contributed by atoms with van der Waals surface area (Å²) in [6.07, 6.45) is 3.17. The van der Waals surface area contributed by atoms with Crippen LogP contribution in [0.4, 0.5) is 21.5 Å². The van der Waals surface area contributed by atoms with Gasteiger partial charge in [0.1, 0.15) is 11.6 Å². The number of esters is 1. The van der Waals surface area contributed by atoms with Gasteiger partial charge in [-0.2, -0.15) is 0 Å². The van der Waals surface area contributed by atoms with Crippen LogP contribution in [0.5, 0.6) is 5.75 Å². The van der Waals surface area contributed by atoms with E-state index in [1.54, 1.807) is 26.8 Å². The highest BCUT2D eigenvalue weighted by molar-refractivity contribution is 5.73. The Morgan fingerprint density at radius 1 is 1.10 bits per heavy atom. The van der Waals surface area contributed by atoms with E-state index in [1.165, 1.54) is 22.9 Å². The van der Waals surface area contributed by atoms with Crippen molar-refractivity contribution in [2.24, 2.45) is 0 Å². The zero-order chi connectivity index (χ0) is 28.7. The van der Waals surface area contributed by atoms with Crippen LogP contribution in [-0.2, 0) is 28.9 Å². The summed E-state index contributed by atoms with van der Waals surface area (Å²) in [4.78, 5) is 14.0. The molecule has 4 rings (SSSR count). The lowest BCUT2D eigenvalue weighted by Crippen LogP contribution is -2.26. The van der Waals surface area contributed by atoms with Gasteiger partial charge >= 0.3 is 5.97 Å². The Labute approximate surface area is 237 Å². The van der Waals surface area contributed by atoms with Crippen LogP contribution in [0.25, 0.3) is 0 Å². The number of ether oxygens (including phenoxy) is 2. The van der Waals surface area contributed by atoms with Crippen LogP contribution >= 0.6 is 0 Å². The zero-order valence-electron chi connectivity index (χ0n) is 24.1. The Hall–Kier alpha value is -3.58. The molecule has 0 saturated carbocycles. The topological polar surface area (TPSA) is 71.0 Å². The van der Waals surface area contributed by atoms with Crippen molar-refractivity contribution in [3.8, 4) is 5.75 Å². The smallest absolute Gasteiger partial charge is 0.306 e. The number of carbonyl (C=O) groups is 1. The molecular formula is C33H41FN2O4. The molecule has 0 fully saturated rings. The normalized spacial score (nSPS) is 13.1. The molecule has 0 bridgehead atoms. The fourth-order valence-electron chi connectivity index (χ4n) is 5.03. The molecule has 0 spiro atoms. The van der Waals surface area contributed by atoms with E-state index >= 15 is 0 Å². The van der Waals surface area contributed by atoms with Crippen molar-refractivity contribution >= 4 is 23.0 Å². The minimum atomic E-state index is -0.746. The third-order valence-corrected chi connectivity index (χ3v) is 7.30. The number of nitrogens with one attached hydrogen (secondary N) is 1. The summed E-state index contributed by atoms with van der Waals surface area (Å²) in [6, 6.07) is 17.6. The van der Waals surface area contributed by atoms with Crippen LogP contribution in [0, 0.1) is 12.7 Å². The van der Waals surface area contributed by atoms with E-state index in [0.717, 1.165) is 36.4 Å². The first-order chi connectivity index (χ1) is 19.1. The van der Waals surface area contributed by atoms with E-state index < -0.39 is 5.60 Å². The average Bonchev–Trinajstić information content (AvgIpc) is 2.92. The van der Waals surface area contributed by atoms with Crippen molar-refractivity contribution in [1.29, 1.82) is 0 Å². The molecule has 3 aromatic rings. The summed E-state index contributed by atoms with van der Waals surface area (Å²) in [5.74, 6) is 0.154. The second-order valence-corrected chi connectivity index (χ2v) is 11.0. The quantitative estimate of drug-likeness (QED) is 0.241. The number of hydrogen-bond acceptors (Lipinski definition) is 6. The fraction of sp³-hybridized carbons (Fsp3) is 0.424. The Kier molecular flexibility index (Phi) is 9.69. The van der Waals surface area contributed by atoms with Crippen LogP contribution in [0.3, 0.4) is 0 Å². The number of halogens is 1. The maximum Gasteiger partial charge on any atom is 0.306 e. The van der Waals surface area contributed by atoms with Gasteiger partial charge < -0.3 is 24.8 Å². The van der Waals surface area contributed by atoms with Crippen molar-refractivity contribution in [3.63, 3.8) is 0 Å². The van der Waals surface area contributed by atoms with Gasteiger partial charge in [0, 0.05) is 43.0 Å². The number of carbonyl (C=O) groups excluding carboxylic acids is 1. The van der Waals surface area contributed by atoms with Gasteiger partial charge in [0.15, 0.2) is 0 Å². The van der Waals surface area contributed by atoms with E-state index in [1.807, 2.05) is 18.2 Å². The standard InChI is InChI=1S/C33H41FN2O4/c1-5-39-31(37)17-11-24-10-12-27(21-30(24)34)35-22-26-9-8-25-7-6-19-36(32(25)23(26)2)28-13-15-29(16-14-28)40-20-18-33(3,4)38/h8-10,12-16,21,35,38H,5-7,11,17-20,22H2,1-4H3. The van der Waals surface area contributed by atoms with E-state index in [-0.39, 0.29) is 18.2 Å². The predicted molar refractivity (Wildman–Crippen MR) is 158 cm³/mol. The third-order valence-electron chi connectivity index (χ3n) is 7.30. The zero-order valence-corrected chi connectivity index (χ0v) is 24.1. The molecule has 40 heavy (non-hydrogen) atoms. The van der Waals surface area contributed by atoms with E-state index in [0.29, 0.717) is 43.9 Å². The fourth-order valence-corrected chi connectivity index (χ4v) is 5.03. The molecule has 2 N–H and O–H groups in total. The number of hydrogen-bond donors (Lipinski definition) is 2. The first kappa shape index (κ1) is 29.4. The van der Waals surface area contributed by atoms with Gasteiger partial charge in [0.25, 0.3) is 0 Å². The van der Waals surface area contributed by atoms with Gasteiger partial charge in [-0.25, -0.2) is 4.39 Å². The molecule has 0 aliphatic carbocycles. The molecule has 1 aliphatic heterocycles. The van der Waals surface area contributed by atoms with Gasteiger partial charge in [0.05, 0.1) is 18.8 Å². The summed E-state index contributed by atoms with van der Waals surface area (Å²) in [5, 5.41) is 13.3. The summed E-state index contributed by atoms with van der Waals surface area (Å²) in [5.41, 5.74) is 6.51. The number of aliphatic hydroxyl groups is 1. The highest BCUT2D eigenvalue weighted by atomic mass is 19.1. The maximum absolute atomic E-state index is 14.7. The molecule has 0 atom stereocenters. The van der Waals surface area contributed by atoms with Crippen molar-refractivity contribution in [1.82, 2.24) is 0 Å². The van der Waals surface area contributed by atoms with Crippen molar-refractivity contribution in [2.45, 2.75) is 71.9 Å². The summed E-state index contributed by atoms with van der Waals surface area (Å²) in [6.45, 7) is 9.78. The number of anilines is 3. The lowest BCUT2D eigenvalue weighted by atomic mass is 9.94. The highest BCUT2D eigenvalue weighted by Gasteiger charge is 2.22. The molecule has 0 aromatic heterocycles. The average molecular weight is 549 g/mol. The van der Waals surface area contributed by atoms with Gasteiger partial charge in [-0.1, -0.05) is 18.2 Å². The van der Waals surface area contributed by atoms with Crippen LogP contribution in [-0.4, -0.2) is 36.4 Å². The van der Waals surface area contributed by atoms with Gasteiger partial charge in [-0.15, -0.1) is 0 Å². The highest BCUT2D eigenvalue weighted by Crippen LogP contribution is 2.38. The van der Waals surface area contributed by atoms with Gasteiger partial charge in [0.2, 0.25) is 0 Å². The second kappa shape index (κ2) is 13.2. The summed E-state index contributed by atoms with van der Waals surface area (Å²) >= 11 is 0. The Morgan fingerprint density at radius 3 is 2.55 bits per heavy atom. The molecular weight excluding hydrogens is 507 g/mol. The minimum absolute atomic E-state index is 0.167. The Balaban J connectivity index is 1.43. The number of aryl methyl sites for hydroxylation is 2. The van der Waals surface area contributed by atoms with E-state index in [4.69, 9.17) is 9.47 Å². The second-order valence-electron chi connectivity index (χ2n) is 11.0. The molecule has 0 amide bonds. The molecule has 0 unspecified atom stereocenters. The largest absolute Gasteiger partial charge is 0.493 e. The summed E-state index contributed by atoms with van der Waals surface area (Å²) < 4.78 is 25.5. The SMILES string of the molecule is CCOC(=O)CCc1ccc(NCc2ccc3c(c2C)N(c2ccc(OCCC(C)(C)O)cc2)CCC3)cc1F. The predicted octanol–water partition coefficient (Wildman–Crippen LogP) is 6.87. The molecule has 3 aromatic carbocycles. The number of rotatable bonds is 12. The van der Waals surface area contributed by atoms with Crippen molar-refractivity contribution < 1.29 is 23.8 Å². The molecule has 6 nitrogen and oxygen atoms in total. The minimum Gasteiger partial charge on any atom is -0.493 e. The lowest BCUT2D eigenvalue weighted by Gasteiger charge is -2.34. The first-order valence-electron chi connectivity index (χ1n) is 14.2. The van der Waals surface area contributed by atoms with Gasteiger partial charge in [-0.05, 0) is 106 Å². The molecule has 0 radical (unpaired) electrons. The van der Waals surface area contributed by atoms with Gasteiger partial charge in [-0.3, -0.25) is 4.79 Å². The first-order valence-corrected chi connectivity index (χ1v) is 14.2. The number of fused-ring (bicyclic) bond motifs is 1. The molecule has 7 heteroatoms. The Morgan fingerprint density at radius 2 is 1.85 bits per heavy atom. The van der Waals surface area contributed by atoms with Crippen LogP contribution in [0.15, 0.2) is 54.6 Å².